The van der Waals surface area contributed by atoms with Crippen LogP contribution in [0.5, 0.6) is 0 Å². The zero-order valence-corrected chi connectivity index (χ0v) is 20.2. The van der Waals surface area contributed by atoms with Gasteiger partial charge in [-0.15, -0.1) is 0 Å². The Labute approximate surface area is 205 Å². The third-order valence-corrected chi connectivity index (χ3v) is 6.73. The second-order valence-electron chi connectivity index (χ2n) is 9.02. The molecule has 2 aliphatic rings. The van der Waals surface area contributed by atoms with Crippen LogP contribution in [0.4, 0.5) is 5.69 Å². The van der Waals surface area contributed by atoms with E-state index in [1.54, 1.807) is 42.6 Å². The Morgan fingerprint density at radius 3 is 2.68 bits per heavy atom. The first kappa shape index (κ1) is 24.2. The van der Waals surface area contributed by atoms with Gasteiger partial charge in [-0.1, -0.05) is 11.6 Å². The number of nitrogens with two attached hydrogens (primary N) is 1. The maximum absolute atomic E-state index is 12.7. The Hall–Kier alpha value is -2.90. The Morgan fingerprint density at radius 2 is 1.97 bits per heavy atom. The molecule has 4 rings (SSSR count). The molecule has 2 aromatic carbocycles. The van der Waals surface area contributed by atoms with Crippen molar-refractivity contribution in [2.45, 2.75) is 32.3 Å². The molecule has 1 atom stereocenters. The summed E-state index contributed by atoms with van der Waals surface area (Å²) < 4.78 is 5.70. The molecule has 2 heterocycles. The number of nitrogens with one attached hydrogen (secondary N) is 1. The van der Waals surface area contributed by atoms with Crippen molar-refractivity contribution in [3.8, 4) is 0 Å². The first-order valence-corrected chi connectivity index (χ1v) is 12.1. The van der Waals surface area contributed by atoms with Gasteiger partial charge in [0.1, 0.15) is 0 Å². The average molecular weight is 483 g/mol. The highest BCUT2D eigenvalue weighted by atomic mass is 35.5. The summed E-state index contributed by atoms with van der Waals surface area (Å²) in [4.78, 5) is 31.6. The minimum absolute atomic E-state index is 0.00863. The van der Waals surface area contributed by atoms with Crippen LogP contribution in [0.1, 0.15) is 51.1 Å². The predicted molar refractivity (Wildman–Crippen MR) is 135 cm³/mol. The van der Waals surface area contributed by atoms with E-state index < -0.39 is 0 Å². The topological polar surface area (TPSA) is 97.0 Å². The summed E-state index contributed by atoms with van der Waals surface area (Å²) in [6.07, 6.45) is 5.03. The zero-order valence-electron chi connectivity index (χ0n) is 19.4. The van der Waals surface area contributed by atoms with Crippen LogP contribution in [0.3, 0.4) is 0 Å². The summed E-state index contributed by atoms with van der Waals surface area (Å²) in [6, 6.07) is 10.4. The first-order chi connectivity index (χ1) is 16.4. The van der Waals surface area contributed by atoms with E-state index in [0.717, 1.165) is 37.0 Å². The van der Waals surface area contributed by atoms with Gasteiger partial charge in [0.15, 0.2) is 0 Å². The lowest BCUT2D eigenvalue weighted by atomic mass is 9.98. The van der Waals surface area contributed by atoms with E-state index in [2.05, 4.69) is 10.3 Å². The van der Waals surface area contributed by atoms with Crippen LogP contribution in [-0.4, -0.2) is 61.8 Å². The Bertz CT molecular complexity index is 1060. The van der Waals surface area contributed by atoms with Crippen LogP contribution in [0.2, 0.25) is 5.02 Å². The van der Waals surface area contributed by atoms with Gasteiger partial charge in [-0.05, 0) is 68.1 Å². The van der Waals surface area contributed by atoms with Crippen molar-refractivity contribution in [2.24, 2.45) is 10.9 Å². The van der Waals surface area contributed by atoms with Gasteiger partial charge in [0.25, 0.3) is 11.8 Å². The smallest absolute Gasteiger partial charge is 0.253 e. The van der Waals surface area contributed by atoms with Gasteiger partial charge in [0.05, 0.1) is 6.10 Å². The van der Waals surface area contributed by atoms with Crippen molar-refractivity contribution in [2.75, 3.05) is 38.5 Å². The van der Waals surface area contributed by atoms with Gasteiger partial charge in [-0.3, -0.25) is 14.6 Å². The normalized spacial score (nSPS) is 18.6. The summed E-state index contributed by atoms with van der Waals surface area (Å²) in [5.74, 6) is 0.182. The summed E-state index contributed by atoms with van der Waals surface area (Å²) in [5, 5.41) is 3.60. The first-order valence-electron chi connectivity index (χ1n) is 11.8. The van der Waals surface area contributed by atoms with Crippen LogP contribution in [0, 0.1) is 12.8 Å². The van der Waals surface area contributed by atoms with Gasteiger partial charge >= 0.3 is 0 Å². The molecule has 34 heavy (non-hydrogen) atoms. The minimum atomic E-state index is -0.128. The molecule has 2 saturated heterocycles. The summed E-state index contributed by atoms with van der Waals surface area (Å²) in [7, 11) is 0. The van der Waals surface area contributed by atoms with E-state index in [1.165, 1.54) is 0 Å². The Balaban J connectivity index is 1.30. The molecule has 0 spiro atoms. The molecule has 0 radical (unpaired) electrons. The second kappa shape index (κ2) is 11.0. The maximum atomic E-state index is 12.7. The van der Waals surface area contributed by atoms with E-state index in [4.69, 9.17) is 22.1 Å². The number of carbonyl (C=O) groups is 2. The van der Waals surface area contributed by atoms with Crippen molar-refractivity contribution in [1.82, 2.24) is 10.2 Å². The van der Waals surface area contributed by atoms with Gasteiger partial charge in [-0.2, -0.15) is 0 Å². The lowest BCUT2D eigenvalue weighted by Gasteiger charge is -2.38. The number of carbonyl (C=O) groups excluding carboxylic acids is 2. The molecule has 0 aliphatic carbocycles. The molecular formula is C26H31ClN4O3. The average Bonchev–Trinajstić information content (AvgIpc) is 2.81. The van der Waals surface area contributed by atoms with Gasteiger partial charge in [0.2, 0.25) is 0 Å². The van der Waals surface area contributed by atoms with Crippen molar-refractivity contribution < 1.29 is 14.3 Å². The number of hydrogen-bond acceptors (Lipinski definition) is 5. The lowest BCUT2D eigenvalue weighted by Crippen LogP contribution is -2.51. The van der Waals surface area contributed by atoms with Crippen LogP contribution in [0.15, 0.2) is 41.4 Å². The van der Waals surface area contributed by atoms with E-state index in [9.17, 15) is 9.59 Å². The number of nitrogens with zero attached hydrogens (tertiary/aromatic N) is 2. The number of hydrogen-bond donors (Lipinski definition) is 2. The van der Waals surface area contributed by atoms with Crippen LogP contribution in [0.25, 0.3) is 0 Å². The predicted octanol–water partition coefficient (Wildman–Crippen LogP) is 3.72. The summed E-state index contributed by atoms with van der Waals surface area (Å²) in [5.41, 5.74) is 9.56. The quantitative estimate of drug-likeness (QED) is 0.464. The van der Waals surface area contributed by atoms with Crippen LogP contribution >= 0.6 is 11.6 Å². The number of nitrogen functional groups attached to an aromatic ring is 1. The molecule has 0 saturated carbocycles. The molecule has 2 fully saturated rings. The number of anilines is 1. The molecule has 7 nitrogen and oxygen atoms in total. The third-order valence-electron chi connectivity index (χ3n) is 6.48. The largest absolute Gasteiger partial charge is 0.398 e. The summed E-state index contributed by atoms with van der Waals surface area (Å²) >= 11 is 5.89. The lowest BCUT2D eigenvalue weighted by molar-refractivity contribution is 0.0169. The van der Waals surface area contributed by atoms with Crippen molar-refractivity contribution >= 4 is 35.3 Å². The van der Waals surface area contributed by atoms with Crippen molar-refractivity contribution in [3.63, 3.8) is 0 Å². The number of amides is 2. The molecular weight excluding hydrogens is 452 g/mol. The number of ether oxygens (including phenoxy) is 1. The zero-order chi connectivity index (χ0) is 24.1. The second-order valence-corrected chi connectivity index (χ2v) is 9.45. The highest BCUT2D eigenvalue weighted by Gasteiger charge is 2.30. The molecule has 0 aromatic heterocycles. The Kier molecular flexibility index (Phi) is 7.85. The maximum Gasteiger partial charge on any atom is 0.253 e. The number of halogens is 1. The van der Waals surface area contributed by atoms with Crippen LogP contribution in [-0.2, 0) is 4.74 Å². The van der Waals surface area contributed by atoms with E-state index in [0.29, 0.717) is 53.9 Å². The SMILES string of the molecule is Cc1c(C(=O)NC[C@@H]2CCCCO2)ccc(N)c1C=NCC1CN(C(=O)c2ccc(Cl)cc2)C1. The highest BCUT2D eigenvalue weighted by molar-refractivity contribution is 6.30. The van der Waals surface area contributed by atoms with Gasteiger partial charge in [-0.25, -0.2) is 0 Å². The number of likely N-dealkylation sites (tertiary alicyclic amines) is 1. The van der Waals surface area contributed by atoms with E-state index >= 15 is 0 Å². The van der Waals surface area contributed by atoms with Gasteiger partial charge < -0.3 is 20.7 Å². The fourth-order valence-electron chi connectivity index (χ4n) is 4.36. The molecule has 0 bridgehead atoms. The monoisotopic (exact) mass is 482 g/mol. The van der Waals surface area contributed by atoms with Crippen molar-refractivity contribution in [1.29, 1.82) is 0 Å². The fraction of sp³-hybridized carbons (Fsp3) is 0.423. The molecule has 0 unspecified atom stereocenters. The minimum Gasteiger partial charge on any atom is -0.398 e. The summed E-state index contributed by atoms with van der Waals surface area (Å²) in [6.45, 7) is 5.09. The Morgan fingerprint density at radius 1 is 1.21 bits per heavy atom. The third kappa shape index (κ3) is 5.77. The van der Waals surface area contributed by atoms with Crippen LogP contribution < -0.4 is 11.1 Å². The molecule has 3 N–H and O–H groups in total. The highest BCUT2D eigenvalue weighted by Crippen LogP contribution is 2.22. The number of benzene rings is 2. The van der Waals surface area contributed by atoms with Gasteiger partial charge in [0, 0.05) is 72.3 Å². The molecule has 2 aromatic rings. The molecule has 8 heteroatoms. The van der Waals surface area contributed by atoms with E-state index in [-0.39, 0.29) is 17.9 Å². The molecule has 2 amide bonds. The number of rotatable bonds is 7. The molecule has 2 aliphatic heterocycles. The standard InChI is InChI=1S/C26H31ClN4O3/c1-17-22(25(32)30-13-21-4-2-3-11-34-21)9-10-24(28)23(17)14-29-12-18-15-31(16-18)26(33)19-5-7-20(27)8-6-19/h5-10,14,18,21H,2-4,11-13,15-16,28H2,1H3,(H,30,32)/t21-/m0/s1. The van der Waals surface area contributed by atoms with Crippen molar-refractivity contribution in [3.05, 3.63) is 63.7 Å². The van der Waals surface area contributed by atoms with E-state index in [1.807, 2.05) is 11.8 Å². The fourth-order valence-corrected chi connectivity index (χ4v) is 4.48. The molecule has 180 valence electrons. The number of aliphatic imine (C=N–C) groups is 1.